The molecule has 182 valence electrons. The van der Waals surface area contributed by atoms with Crippen molar-refractivity contribution in [2.45, 2.75) is 65.2 Å². The summed E-state index contributed by atoms with van der Waals surface area (Å²) >= 11 is 6.07. The van der Waals surface area contributed by atoms with Gasteiger partial charge in [-0.2, -0.15) is 4.98 Å². The highest BCUT2D eigenvalue weighted by Crippen LogP contribution is 2.26. The first-order valence-electron chi connectivity index (χ1n) is 11.7. The van der Waals surface area contributed by atoms with Crippen LogP contribution >= 0.6 is 11.6 Å². The standard InChI is InChI=1S/C25H31ClN4O4/c1-5-6-7-12-29-20(17-8-10-18(26)11-9-17)16-30-22(31)13-21(27-23(29)30)33-19-14-28(15-19)24(32)34-25(2,3)4/h8-11,13,16,19H,5-7,12,14-15H2,1-4H3. The molecule has 9 heteroatoms. The molecule has 1 aliphatic heterocycles. The number of fused-ring (bicyclic) bond motifs is 1. The van der Waals surface area contributed by atoms with Crippen molar-refractivity contribution in [3.05, 3.63) is 51.9 Å². The average Bonchev–Trinajstić information content (AvgIpc) is 3.09. The Hall–Kier alpha value is -3.00. The van der Waals surface area contributed by atoms with Crippen molar-refractivity contribution in [2.24, 2.45) is 0 Å². The first-order valence-corrected chi connectivity index (χ1v) is 12.1. The number of nitrogens with zero attached hydrogens (tertiary/aromatic N) is 4. The zero-order valence-corrected chi connectivity index (χ0v) is 20.8. The first kappa shape index (κ1) is 24.1. The number of likely N-dealkylation sites (tertiary alicyclic amines) is 1. The van der Waals surface area contributed by atoms with Gasteiger partial charge in [-0.1, -0.05) is 43.5 Å². The lowest BCUT2D eigenvalue weighted by atomic mass is 10.1. The number of amides is 1. The number of ether oxygens (including phenoxy) is 2. The molecule has 0 bridgehead atoms. The van der Waals surface area contributed by atoms with Crippen LogP contribution in [0.15, 0.2) is 41.3 Å². The van der Waals surface area contributed by atoms with Gasteiger partial charge in [0, 0.05) is 17.8 Å². The lowest BCUT2D eigenvalue weighted by molar-refractivity contribution is -0.0232. The van der Waals surface area contributed by atoms with E-state index in [4.69, 9.17) is 21.1 Å². The number of carbonyl (C=O) groups excluding carboxylic acids is 1. The van der Waals surface area contributed by atoms with Gasteiger partial charge in [0.15, 0.2) is 0 Å². The molecule has 0 N–H and O–H groups in total. The number of hydrogen-bond donors (Lipinski definition) is 0. The fraction of sp³-hybridized carbons (Fsp3) is 0.480. The predicted molar refractivity (Wildman–Crippen MR) is 132 cm³/mol. The minimum Gasteiger partial charge on any atom is -0.470 e. The van der Waals surface area contributed by atoms with E-state index in [1.807, 2.05) is 51.2 Å². The summed E-state index contributed by atoms with van der Waals surface area (Å²) in [6, 6.07) is 8.94. The third-order valence-electron chi connectivity index (χ3n) is 5.61. The number of hydrogen-bond acceptors (Lipinski definition) is 5. The number of imidazole rings is 1. The van der Waals surface area contributed by atoms with Gasteiger partial charge in [0.2, 0.25) is 11.7 Å². The van der Waals surface area contributed by atoms with E-state index < -0.39 is 5.60 Å². The lowest BCUT2D eigenvalue weighted by Crippen LogP contribution is -2.57. The number of rotatable bonds is 7. The summed E-state index contributed by atoms with van der Waals surface area (Å²) < 4.78 is 14.9. The van der Waals surface area contributed by atoms with Crippen LogP contribution in [-0.4, -0.2) is 49.7 Å². The number of aryl methyl sites for hydroxylation is 1. The number of aromatic nitrogens is 3. The lowest BCUT2D eigenvalue weighted by Gasteiger charge is -2.39. The van der Waals surface area contributed by atoms with Gasteiger partial charge in [-0.3, -0.25) is 9.20 Å². The molecule has 2 aromatic heterocycles. The molecule has 1 fully saturated rings. The molecule has 3 aromatic rings. The monoisotopic (exact) mass is 486 g/mol. The maximum absolute atomic E-state index is 12.9. The molecule has 1 saturated heterocycles. The number of halogens is 1. The van der Waals surface area contributed by atoms with Crippen LogP contribution in [-0.2, 0) is 11.3 Å². The van der Waals surface area contributed by atoms with Crippen LogP contribution in [0.3, 0.4) is 0 Å². The Kier molecular flexibility index (Phi) is 6.89. The molecule has 0 unspecified atom stereocenters. The van der Waals surface area contributed by atoms with Crippen LogP contribution in [0, 0.1) is 0 Å². The summed E-state index contributed by atoms with van der Waals surface area (Å²) in [5.41, 5.74) is 1.09. The molecule has 1 aromatic carbocycles. The second-order valence-electron chi connectivity index (χ2n) is 9.61. The summed E-state index contributed by atoms with van der Waals surface area (Å²) in [5.74, 6) is 0.795. The van der Waals surface area contributed by atoms with Gasteiger partial charge < -0.3 is 18.9 Å². The SMILES string of the molecule is CCCCCn1c(-c2ccc(Cl)cc2)cn2c(=O)cc(OC3CN(C(=O)OC(C)(C)C)C3)nc12. The summed E-state index contributed by atoms with van der Waals surface area (Å²) in [6.45, 7) is 9.17. The third kappa shape index (κ3) is 5.38. The highest BCUT2D eigenvalue weighted by atomic mass is 35.5. The Morgan fingerprint density at radius 2 is 1.88 bits per heavy atom. The molecule has 8 nitrogen and oxygen atoms in total. The largest absolute Gasteiger partial charge is 0.470 e. The van der Waals surface area contributed by atoms with Gasteiger partial charge in [0.05, 0.1) is 24.8 Å². The fourth-order valence-electron chi connectivity index (χ4n) is 3.88. The first-order chi connectivity index (χ1) is 16.1. The van der Waals surface area contributed by atoms with Gasteiger partial charge >= 0.3 is 6.09 Å². The van der Waals surface area contributed by atoms with Crippen LogP contribution in [0.25, 0.3) is 17.0 Å². The second kappa shape index (κ2) is 9.70. The minimum absolute atomic E-state index is 0.215. The van der Waals surface area contributed by atoms with Crippen molar-refractivity contribution in [2.75, 3.05) is 13.1 Å². The van der Waals surface area contributed by atoms with Crippen LogP contribution < -0.4 is 10.3 Å². The number of carbonyl (C=O) groups is 1. The molecular weight excluding hydrogens is 456 g/mol. The van der Waals surface area contributed by atoms with E-state index in [0.717, 1.165) is 37.1 Å². The summed E-state index contributed by atoms with van der Waals surface area (Å²) in [7, 11) is 0. The smallest absolute Gasteiger partial charge is 0.410 e. The molecular formula is C25H31ClN4O4. The van der Waals surface area contributed by atoms with Crippen LogP contribution in [0.5, 0.6) is 5.88 Å². The van der Waals surface area contributed by atoms with Crippen molar-refractivity contribution in [3.8, 4) is 17.1 Å². The second-order valence-corrected chi connectivity index (χ2v) is 10.0. The Morgan fingerprint density at radius 1 is 1.18 bits per heavy atom. The molecule has 0 atom stereocenters. The highest BCUT2D eigenvalue weighted by Gasteiger charge is 2.35. The van der Waals surface area contributed by atoms with Crippen LogP contribution in [0.4, 0.5) is 4.79 Å². The van der Waals surface area contributed by atoms with Crippen molar-refractivity contribution in [1.82, 2.24) is 18.9 Å². The summed E-state index contributed by atoms with van der Waals surface area (Å²) in [4.78, 5) is 31.3. The number of benzene rings is 1. The Morgan fingerprint density at radius 3 is 2.53 bits per heavy atom. The van der Waals surface area contributed by atoms with E-state index in [0.29, 0.717) is 23.9 Å². The Labute approximate surface area is 204 Å². The maximum Gasteiger partial charge on any atom is 0.410 e. The summed E-state index contributed by atoms with van der Waals surface area (Å²) in [6.07, 6.45) is 4.35. The molecule has 0 spiro atoms. The topological polar surface area (TPSA) is 78.1 Å². The van der Waals surface area contributed by atoms with Crippen molar-refractivity contribution in [1.29, 1.82) is 0 Å². The Balaban J connectivity index is 1.58. The minimum atomic E-state index is -0.546. The average molecular weight is 487 g/mol. The van der Waals surface area contributed by atoms with Crippen molar-refractivity contribution in [3.63, 3.8) is 0 Å². The van der Waals surface area contributed by atoms with E-state index >= 15 is 0 Å². The van der Waals surface area contributed by atoms with E-state index in [-0.39, 0.29) is 23.6 Å². The molecule has 3 heterocycles. The van der Waals surface area contributed by atoms with E-state index in [1.165, 1.54) is 6.07 Å². The normalized spacial score (nSPS) is 14.3. The molecule has 4 rings (SSSR count). The highest BCUT2D eigenvalue weighted by molar-refractivity contribution is 6.30. The fourth-order valence-corrected chi connectivity index (χ4v) is 4.01. The van der Waals surface area contributed by atoms with Gasteiger partial charge in [0.25, 0.3) is 5.56 Å². The molecule has 1 amide bonds. The zero-order valence-electron chi connectivity index (χ0n) is 20.1. The third-order valence-corrected chi connectivity index (χ3v) is 5.86. The molecule has 34 heavy (non-hydrogen) atoms. The molecule has 0 saturated carbocycles. The number of unbranched alkanes of at least 4 members (excludes halogenated alkanes) is 2. The van der Waals surface area contributed by atoms with Crippen LogP contribution in [0.2, 0.25) is 5.02 Å². The zero-order chi connectivity index (χ0) is 24.5. The van der Waals surface area contributed by atoms with E-state index in [1.54, 1.807) is 9.30 Å². The summed E-state index contributed by atoms with van der Waals surface area (Å²) in [5, 5.41) is 0.657. The maximum atomic E-state index is 12.9. The predicted octanol–water partition coefficient (Wildman–Crippen LogP) is 5.00. The van der Waals surface area contributed by atoms with Crippen LogP contribution in [0.1, 0.15) is 47.0 Å². The molecule has 0 aliphatic carbocycles. The quantitative estimate of drug-likeness (QED) is 0.439. The van der Waals surface area contributed by atoms with Gasteiger partial charge in [-0.15, -0.1) is 0 Å². The van der Waals surface area contributed by atoms with Crippen molar-refractivity contribution < 1.29 is 14.3 Å². The van der Waals surface area contributed by atoms with Gasteiger partial charge in [-0.05, 0) is 44.9 Å². The van der Waals surface area contributed by atoms with Crippen molar-refractivity contribution >= 4 is 23.5 Å². The van der Waals surface area contributed by atoms with E-state index in [2.05, 4.69) is 16.5 Å². The van der Waals surface area contributed by atoms with Gasteiger partial charge in [0.1, 0.15) is 11.7 Å². The Bertz CT molecular complexity index is 1220. The molecule has 1 aliphatic rings. The van der Waals surface area contributed by atoms with E-state index in [9.17, 15) is 9.59 Å². The van der Waals surface area contributed by atoms with Gasteiger partial charge in [-0.25, -0.2) is 4.79 Å². The molecule has 0 radical (unpaired) electrons.